The molecular weight excluding hydrogens is 438 g/mol. The van der Waals surface area contributed by atoms with Crippen molar-refractivity contribution in [1.82, 2.24) is 19.4 Å². The molecule has 1 saturated carbocycles. The van der Waals surface area contributed by atoms with Crippen LogP contribution >= 0.6 is 0 Å². The first-order chi connectivity index (χ1) is 16.8. The minimum Gasteiger partial charge on any atom is -0.449 e. The molecule has 35 heavy (non-hydrogen) atoms. The molecule has 2 aliphatic rings. The molecule has 188 valence electrons. The minimum atomic E-state index is -0.157. The van der Waals surface area contributed by atoms with Crippen LogP contribution in [0.15, 0.2) is 36.8 Å². The quantitative estimate of drug-likeness (QED) is 0.509. The summed E-state index contributed by atoms with van der Waals surface area (Å²) in [6, 6.07) is 7.71. The zero-order valence-corrected chi connectivity index (χ0v) is 21.4. The Kier molecular flexibility index (Phi) is 8.12. The van der Waals surface area contributed by atoms with Gasteiger partial charge in [0.15, 0.2) is 5.69 Å². The summed E-state index contributed by atoms with van der Waals surface area (Å²) >= 11 is 0. The average Bonchev–Trinajstić information content (AvgIpc) is 3.29. The first-order valence-electron chi connectivity index (χ1n) is 12.9. The van der Waals surface area contributed by atoms with Gasteiger partial charge in [-0.15, -0.1) is 0 Å². The van der Waals surface area contributed by atoms with Crippen LogP contribution in [0.5, 0.6) is 0 Å². The lowest BCUT2D eigenvalue weighted by molar-refractivity contribution is 0.0250. The van der Waals surface area contributed by atoms with Gasteiger partial charge < -0.3 is 14.2 Å². The molecule has 1 aliphatic carbocycles. The van der Waals surface area contributed by atoms with Crippen molar-refractivity contribution >= 4 is 11.8 Å². The largest absolute Gasteiger partial charge is 0.449 e. The van der Waals surface area contributed by atoms with E-state index in [0.29, 0.717) is 37.2 Å². The number of hydrogen-bond donors (Lipinski definition) is 0. The van der Waals surface area contributed by atoms with Gasteiger partial charge in [-0.05, 0) is 35.7 Å². The molecule has 0 spiro atoms. The molecule has 0 bridgehead atoms. The van der Waals surface area contributed by atoms with E-state index in [2.05, 4.69) is 40.1 Å². The number of ether oxygens (including phenoxy) is 1. The van der Waals surface area contributed by atoms with E-state index in [1.165, 1.54) is 25.7 Å². The monoisotopic (exact) mass is 477 g/mol. The summed E-state index contributed by atoms with van der Waals surface area (Å²) in [6.07, 6.45) is 8.58. The number of benzene rings is 1. The van der Waals surface area contributed by atoms with Crippen molar-refractivity contribution in [3.63, 3.8) is 0 Å². The molecule has 0 N–H and O–H groups in total. The number of imidazole rings is 1. The number of hydrogen-bond acceptors (Lipinski definition) is 4. The van der Waals surface area contributed by atoms with E-state index in [9.17, 15) is 4.79 Å². The topological polar surface area (TPSA) is 55.0 Å². The second-order valence-corrected chi connectivity index (χ2v) is 11.1. The smallest absolute Gasteiger partial charge is 0.409 e. The molecular formula is C28H39N5O2. The summed E-state index contributed by atoms with van der Waals surface area (Å²) in [6.45, 7) is 19.2. The molecule has 2 atom stereocenters. The Bertz CT molecular complexity index is 1010. The molecule has 7 heteroatoms. The predicted molar refractivity (Wildman–Crippen MR) is 137 cm³/mol. The molecule has 0 radical (unpaired) electrons. The van der Waals surface area contributed by atoms with Gasteiger partial charge in [0.1, 0.15) is 0 Å². The van der Waals surface area contributed by atoms with Crippen molar-refractivity contribution in [3.05, 3.63) is 59.5 Å². The van der Waals surface area contributed by atoms with E-state index < -0.39 is 0 Å². The van der Waals surface area contributed by atoms with E-state index in [1.54, 1.807) is 0 Å². The van der Waals surface area contributed by atoms with Crippen LogP contribution in [0.4, 0.5) is 10.5 Å². The number of nitrogens with zero attached hydrogens (tertiary/aromatic N) is 5. The van der Waals surface area contributed by atoms with Crippen LogP contribution in [0.25, 0.3) is 4.85 Å². The van der Waals surface area contributed by atoms with Gasteiger partial charge in [-0.1, -0.05) is 57.9 Å². The third-order valence-electron chi connectivity index (χ3n) is 7.68. The molecule has 1 amide bonds. The molecule has 2 aromatic rings. The van der Waals surface area contributed by atoms with Crippen molar-refractivity contribution < 1.29 is 9.53 Å². The summed E-state index contributed by atoms with van der Waals surface area (Å²) in [4.78, 5) is 24.8. The summed E-state index contributed by atoms with van der Waals surface area (Å²) in [5.74, 6) is 1.10. The van der Waals surface area contributed by atoms with E-state index in [1.807, 2.05) is 41.7 Å². The highest BCUT2D eigenvalue weighted by molar-refractivity contribution is 5.67. The zero-order chi connectivity index (χ0) is 24.8. The number of carbonyl (C=O) groups excluding carboxylic acids is 1. The molecule has 7 nitrogen and oxygen atoms in total. The number of amides is 1. The Hall–Kier alpha value is -2.85. The van der Waals surface area contributed by atoms with Gasteiger partial charge in [0.25, 0.3) is 0 Å². The lowest BCUT2D eigenvalue weighted by Gasteiger charge is -2.40. The second-order valence-electron chi connectivity index (χ2n) is 11.1. The fourth-order valence-electron chi connectivity index (χ4n) is 5.63. The third kappa shape index (κ3) is 6.64. The minimum absolute atomic E-state index is 0.157. The van der Waals surface area contributed by atoms with Crippen LogP contribution in [0.2, 0.25) is 0 Å². The standard InChI is InChI=1S/C28H39N5O2/c1-28(2,3)26-8-6-5-7-23(26)20-35-27(34)32-15-13-31(14-16-32)19-25-17-30-21-33(25)18-22-9-11-24(29-4)12-10-22/h9-12,17,21,23,26H,5-8,13-16,18-20H2,1-3H3. The zero-order valence-electron chi connectivity index (χ0n) is 21.4. The predicted octanol–water partition coefficient (Wildman–Crippen LogP) is 5.59. The van der Waals surface area contributed by atoms with Gasteiger partial charge in [-0.3, -0.25) is 4.90 Å². The highest BCUT2D eigenvalue weighted by Crippen LogP contribution is 2.41. The van der Waals surface area contributed by atoms with Gasteiger partial charge >= 0.3 is 6.09 Å². The van der Waals surface area contributed by atoms with Crippen molar-refractivity contribution in [2.45, 2.75) is 59.5 Å². The van der Waals surface area contributed by atoms with Gasteiger partial charge in [0.05, 0.1) is 25.2 Å². The van der Waals surface area contributed by atoms with Gasteiger partial charge in [-0.25, -0.2) is 14.6 Å². The Morgan fingerprint density at radius 3 is 2.49 bits per heavy atom. The number of carbonyl (C=O) groups is 1. The maximum Gasteiger partial charge on any atom is 0.409 e. The molecule has 2 fully saturated rings. The first-order valence-corrected chi connectivity index (χ1v) is 12.9. The summed E-state index contributed by atoms with van der Waals surface area (Å²) in [5.41, 5.74) is 3.22. The number of aromatic nitrogens is 2. The summed E-state index contributed by atoms with van der Waals surface area (Å²) < 4.78 is 7.98. The van der Waals surface area contributed by atoms with Gasteiger partial charge in [0, 0.05) is 45.5 Å². The maximum atomic E-state index is 12.8. The van der Waals surface area contributed by atoms with Crippen LogP contribution in [-0.4, -0.2) is 58.2 Å². The normalized spacial score (nSPS) is 21.5. The molecule has 1 saturated heterocycles. The van der Waals surface area contributed by atoms with Crippen LogP contribution < -0.4 is 0 Å². The fraction of sp³-hybridized carbons (Fsp3) is 0.607. The average molecular weight is 478 g/mol. The molecule has 1 aliphatic heterocycles. The van der Waals surface area contributed by atoms with Crippen LogP contribution in [0.3, 0.4) is 0 Å². The molecule has 1 aromatic heterocycles. The highest BCUT2D eigenvalue weighted by atomic mass is 16.6. The Balaban J connectivity index is 1.24. The van der Waals surface area contributed by atoms with E-state index >= 15 is 0 Å². The molecule has 4 rings (SSSR count). The summed E-state index contributed by atoms with van der Waals surface area (Å²) in [5, 5.41) is 0. The first kappa shape index (κ1) is 25.2. The number of piperazine rings is 1. The fourth-order valence-corrected chi connectivity index (χ4v) is 5.63. The molecule has 2 heterocycles. The van der Waals surface area contributed by atoms with Crippen molar-refractivity contribution in [3.8, 4) is 0 Å². The molecule has 2 unspecified atom stereocenters. The number of rotatable bonds is 6. The SMILES string of the molecule is [C-]#[N+]c1ccc(Cn2cncc2CN2CCN(C(=O)OCC3CCCCC3C(C)(C)C)CC2)cc1. The summed E-state index contributed by atoms with van der Waals surface area (Å²) in [7, 11) is 0. The van der Waals surface area contributed by atoms with Gasteiger partial charge in [0.2, 0.25) is 0 Å². The van der Waals surface area contributed by atoms with E-state index in [4.69, 9.17) is 11.3 Å². The maximum absolute atomic E-state index is 12.8. The Labute approximate surface area is 209 Å². The van der Waals surface area contributed by atoms with Crippen LogP contribution in [-0.2, 0) is 17.8 Å². The lowest BCUT2D eigenvalue weighted by Crippen LogP contribution is -2.49. The van der Waals surface area contributed by atoms with E-state index in [0.717, 1.165) is 37.4 Å². The molecule has 1 aromatic carbocycles. The lowest BCUT2D eigenvalue weighted by atomic mass is 9.67. The van der Waals surface area contributed by atoms with Crippen LogP contribution in [0.1, 0.15) is 57.7 Å². The Morgan fingerprint density at radius 2 is 1.80 bits per heavy atom. The van der Waals surface area contributed by atoms with E-state index in [-0.39, 0.29) is 11.5 Å². The second kappa shape index (κ2) is 11.3. The third-order valence-corrected chi connectivity index (χ3v) is 7.68. The van der Waals surface area contributed by atoms with Crippen molar-refractivity contribution in [1.29, 1.82) is 0 Å². The van der Waals surface area contributed by atoms with Crippen LogP contribution in [0, 0.1) is 23.8 Å². The van der Waals surface area contributed by atoms with Crippen molar-refractivity contribution in [2.75, 3.05) is 32.8 Å². The highest BCUT2D eigenvalue weighted by Gasteiger charge is 2.35. The Morgan fingerprint density at radius 1 is 1.09 bits per heavy atom. The van der Waals surface area contributed by atoms with Gasteiger partial charge in [-0.2, -0.15) is 0 Å². The van der Waals surface area contributed by atoms with Crippen molar-refractivity contribution in [2.24, 2.45) is 17.3 Å².